The molecule has 2 aromatic heterocycles. The maximum atomic E-state index is 12.7. The number of carbonyl (C=O) groups is 1. The number of amides is 2. The lowest BCUT2D eigenvalue weighted by molar-refractivity contribution is -0.159. The van der Waals surface area contributed by atoms with Crippen molar-refractivity contribution in [1.29, 1.82) is 0 Å². The lowest BCUT2D eigenvalue weighted by Gasteiger charge is -2.27. The summed E-state index contributed by atoms with van der Waals surface area (Å²) in [6.45, 7) is 1.26. The molecule has 0 atom stereocenters. The van der Waals surface area contributed by atoms with E-state index in [1.54, 1.807) is 18.1 Å². The highest BCUT2D eigenvalue weighted by Gasteiger charge is 2.38. The largest absolute Gasteiger partial charge is 0.497 e. The van der Waals surface area contributed by atoms with Crippen molar-refractivity contribution in [3.8, 4) is 16.5 Å². The van der Waals surface area contributed by atoms with Crippen LogP contribution in [-0.2, 0) is 25.7 Å². The highest BCUT2D eigenvalue weighted by atomic mass is 32.1. The van der Waals surface area contributed by atoms with Crippen LogP contribution in [0.4, 0.5) is 18.0 Å². The number of ether oxygens (including phenoxy) is 1. The topological polar surface area (TPSA) is 80.5 Å². The number of fused-ring (bicyclic) bond motifs is 1. The number of benzene rings is 1. The van der Waals surface area contributed by atoms with Gasteiger partial charge >= 0.3 is 18.1 Å². The van der Waals surface area contributed by atoms with Gasteiger partial charge in [0.15, 0.2) is 0 Å². The Morgan fingerprint density at radius 3 is 2.77 bits per heavy atom. The summed E-state index contributed by atoms with van der Waals surface area (Å²) in [5, 5.41) is 6.31. The summed E-state index contributed by atoms with van der Waals surface area (Å²) in [6, 6.07) is 8.95. The maximum absolute atomic E-state index is 12.7. The van der Waals surface area contributed by atoms with Gasteiger partial charge in [0.05, 0.1) is 18.5 Å². The quantitative estimate of drug-likeness (QED) is 0.664. The van der Waals surface area contributed by atoms with Gasteiger partial charge in [-0.1, -0.05) is 17.3 Å². The van der Waals surface area contributed by atoms with Gasteiger partial charge in [0.1, 0.15) is 5.75 Å². The molecule has 11 heteroatoms. The molecule has 0 saturated carbocycles. The van der Waals surface area contributed by atoms with Crippen molar-refractivity contribution >= 4 is 17.4 Å². The molecule has 1 aromatic carbocycles. The minimum Gasteiger partial charge on any atom is -0.497 e. The third-order valence-electron chi connectivity index (χ3n) is 4.66. The first-order valence-electron chi connectivity index (χ1n) is 9.02. The molecule has 4 rings (SSSR count). The second-order valence-corrected chi connectivity index (χ2v) is 7.80. The number of thiophene rings is 1. The van der Waals surface area contributed by atoms with Crippen molar-refractivity contribution in [2.75, 3.05) is 13.7 Å². The zero-order chi connectivity index (χ0) is 21.3. The number of alkyl halides is 3. The van der Waals surface area contributed by atoms with Gasteiger partial charge in [-0.2, -0.15) is 18.2 Å². The normalized spacial score (nSPS) is 13.8. The molecule has 2 amide bonds. The molecule has 0 unspecified atom stereocenters. The van der Waals surface area contributed by atoms with E-state index >= 15 is 0 Å². The number of urea groups is 1. The number of hydrogen-bond acceptors (Lipinski definition) is 6. The van der Waals surface area contributed by atoms with Crippen molar-refractivity contribution in [2.45, 2.75) is 25.7 Å². The van der Waals surface area contributed by atoms with Gasteiger partial charge in [0.2, 0.25) is 5.82 Å². The number of methoxy groups -OCH3 is 1. The molecule has 0 bridgehead atoms. The van der Waals surface area contributed by atoms with E-state index in [9.17, 15) is 18.0 Å². The first kappa shape index (κ1) is 20.2. The van der Waals surface area contributed by atoms with E-state index < -0.39 is 12.1 Å². The van der Waals surface area contributed by atoms with Crippen LogP contribution in [0.25, 0.3) is 10.7 Å². The Morgan fingerprint density at radius 2 is 2.10 bits per heavy atom. The van der Waals surface area contributed by atoms with Crippen LogP contribution < -0.4 is 10.1 Å². The number of rotatable bonds is 4. The molecule has 30 heavy (non-hydrogen) atoms. The van der Waals surface area contributed by atoms with Crippen LogP contribution in [0, 0.1) is 0 Å². The van der Waals surface area contributed by atoms with Gasteiger partial charge in [-0.05, 0) is 35.7 Å². The summed E-state index contributed by atoms with van der Waals surface area (Å²) >= 11 is 1.26. The standard InChI is InChI=1S/C19H17F3N4O3S/c1-28-13-4-2-11(3-5-13)9-23-18(27)26-7-6-12-8-14(30-15(12)10-26)16-24-17(29-25-16)19(20,21)22/h2-5,8H,6-7,9-10H2,1H3,(H,23,27). The van der Waals surface area contributed by atoms with Gasteiger partial charge in [0, 0.05) is 18.0 Å². The molecule has 1 aliphatic heterocycles. The fourth-order valence-electron chi connectivity index (χ4n) is 3.07. The number of halogens is 3. The highest BCUT2D eigenvalue weighted by Crippen LogP contribution is 2.35. The van der Waals surface area contributed by atoms with Crippen molar-refractivity contribution in [3.63, 3.8) is 0 Å². The molecule has 0 fully saturated rings. The number of nitrogens with zero attached hydrogens (tertiary/aromatic N) is 3. The van der Waals surface area contributed by atoms with E-state index in [1.807, 2.05) is 24.3 Å². The lowest BCUT2D eigenvalue weighted by atomic mass is 10.1. The van der Waals surface area contributed by atoms with Crippen LogP contribution in [0.2, 0.25) is 0 Å². The predicted octanol–water partition coefficient (Wildman–Crippen LogP) is 4.09. The number of aromatic nitrogens is 2. The number of hydrogen-bond donors (Lipinski definition) is 1. The van der Waals surface area contributed by atoms with Crippen LogP contribution in [-0.4, -0.2) is 34.7 Å². The van der Waals surface area contributed by atoms with E-state index in [2.05, 4.69) is 20.0 Å². The van der Waals surface area contributed by atoms with E-state index in [-0.39, 0.29) is 11.9 Å². The Balaban J connectivity index is 1.39. The van der Waals surface area contributed by atoms with E-state index in [1.165, 1.54) is 11.3 Å². The SMILES string of the molecule is COc1ccc(CNC(=O)N2CCc3cc(-c4noc(C(F)(F)F)n4)sc3C2)cc1. The minimum absolute atomic E-state index is 0.0998. The van der Waals surface area contributed by atoms with Crippen LogP contribution >= 0.6 is 11.3 Å². The van der Waals surface area contributed by atoms with Gasteiger partial charge < -0.3 is 19.5 Å². The Kier molecular flexibility index (Phi) is 5.37. The number of carbonyl (C=O) groups excluding carboxylic acids is 1. The van der Waals surface area contributed by atoms with Gasteiger partial charge in [-0.3, -0.25) is 0 Å². The molecular formula is C19H17F3N4O3S. The van der Waals surface area contributed by atoms with E-state index in [0.29, 0.717) is 30.9 Å². The monoisotopic (exact) mass is 438 g/mol. The van der Waals surface area contributed by atoms with Crippen molar-refractivity contribution < 1.29 is 27.2 Å². The maximum Gasteiger partial charge on any atom is 0.471 e. The molecule has 0 aliphatic carbocycles. The molecular weight excluding hydrogens is 421 g/mol. The summed E-state index contributed by atoms with van der Waals surface area (Å²) in [5.74, 6) is -0.730. The minimum atomic E-state index is -4.68. The smallest absolute Gasteiger partial charge is 0.471 e. The Hall–Kier alpha value is -3.08. The van der Waals surface area contributed by atoms with Crippen LogP contribution in [0.1, 0.15) is 21.9 Å². The average Bonchev–Trinajstić information content (AvgIpc) is 3.38. The fraction of sp³-hybridized carbons (Fsp3) is 0.316. The molecule has 0 spiro atoms. The summed E-state index contributed by atoms with van der Waals surface area (Å²) in [6.07, 6.45) is -4.08. The van der Waals surface area contributed by atoms with Crippen LogP contribution in [0.3, 0.4) is 0 Å². The van der Waals surface area contributed by atoms with Crippen molar-refractivity contribution in [2.24, 2.45) is 0 Å². The molecule has 7 nitrogen and oxygen atoms in total. The molecule has 3 heterocycles. The van der Waals surface area contributed by atoms with Crippen molar-refractivity contribution in [3.05, 3.63) is 52.2 Å². The van der Waals surface area contributed by atoms with Gasteiger partial charge in [-0.15, -0.1) is 11.3 Å². The predicted molar refractivity (Wildman–Crippen MR) is 102 cm³/mol. The van der Waals surface area contributed by atoms with E-state index in [4.69, 9.17) is 4.74 Å². The second kappa shape index (κ2) is 7.98. The molecule has 0 saturated heterocycles. The zero-order valence-electron chi connectivity index (χ0n) is 15.8. The zero-order valence-corrected chi connectivity index (χ0v) is 16.6. The third-order valence-corrected chi connectivity index (χ3v) is 5.82. The molecule has 0 radical (unpaired) electrons. The first-order chi connectivity index (χ1) is 14.3. The average molecular weight is 438 g/mol. The molecule has 3 aromatic rings. The Morgan fingerprint density at radius 1 is 1.33 bits per heavy atom. The third kappa shape index (κ3) is 4.25. The highest BCUT2D eigenvalue weighted by molar-refractivity contribution is 7.15. The van der Waals surface area contributed by atoms with Crippen LogP contribution in [0.15, 0.2) is 34.9 Å². The second-order valence-electron chi connectivity index (χ2n) is 6.66. The molecule has 158 valence electrons. The first-order valence-corrected chi connectivity index (χ1v) is 9.83. The number of nitrogens with one attached hydrogen (secondary N) is 1. The molecule has 1 N–H and O–H groups in total. The Bertz CT molecular complexity index is 1050. The summed E-state index contributed by atoms with van der Waals surface area (Å²) in [4.78, 5) is 19.0. The van der Waals surface area contributed by atoms with Gasteiger partial charge in [-0.25, -0.2) is 4.79 Å². The lowest BCUT2D eigenvalue weighted by Crippen LogP contribution is -2.42. The Labute approximate surface area is 173 Å². The fourth-order valence-corrected chi connectivity index (χ4v) is 4.23. The van der Waals surface area contributed by atoms with E-state index in [0.717, 1.165) is 21.8 Å². The van der Waals surface area contributed by atoms with Gasteiger partial charge in [0.25, 0.3) is 0 Å². The van der Waals surface area contributed by atoms with Crippen molar-refractivity contribution in [1.82, 2.24) is 20.4 Å². The summed E-state index contributed by atoms with van der Waals surface area (Å²) in [5.41, 5.74) is 1.92. The molecule has 1 aliphatic rings. The van der Waals surface area contributed by atoms with Crippen LogP contribution in [0.5, 0.6) is 5.75 Å². The summed E-state index contributed by atoms with van der Waals surface area (Å²) in [7, 11) is 1.59. The summed E-state index contributed by atoms with van der Waals surface area (Å²) < 4.78 is 47.4.